The maximum atomic E-state index is 12.0. The summed E-state index contributed by atoms with van der Waals surface area (Å²) in [6.07, 6.45) is 1.59. The number of carboxylic acid groups (broad SMARTS) is 1. The summed E-state index contributed by atoms with van der Waals surface area (Å²) in [5.41, 5.74) is 1.02. The minimum absolute atomic E-state index is 0.111. The number of aliphatic carboxylic acids is 1. The van der Waals surface area contributed by atoms with E-state index >= 15 is 0 Å². The van der Waals surface area contributed by atoms with E-state index in [0.29, 0.717) is 37.3 Å². The minimum Gasteiger partial charge on any atom is -0.481 e. The van der Waals surface area contributed by atoms with Crippen LogP contribution in [0, 0.1) is 11.8 Å². The van der Waals surface area contributed by atoms with Crippen LogP contribution in [0.2, 0.25) is 0 Å². The highest BCUT2D eigenvalue weighted by Gasteiger charge is 2.33. The second kappa shape index (κ2) is 8.08. The highest BCUT2D eigenvalue weighted by Crippen LogP contribution is 2.30. The third-order valence-electron chi connectivity index (χ3n) is 3.95. The highest BCUT2D eigenvalue weighted by molar-refractivity contribution is 7.84. The molecule has 0 aromatic heterocycles. The van der Waals surface area contributed by atoms with Gasteiger partial charge in [0.1, 0.15) is 0 Å². The number of amides is 1. The lowest BCUT2D eigenvalue weighted by molar-refractivity contribution is -0.141. The first-order valence-electron chi connectivity index (χ1n) is 7.45. The zero-order chi connectivity index (χ0) is 15.9. The van der Waals surface area contributed by atoms with Gasteiger partial charge in [0.2, 0.25) is 5.91 Å². The van der Waals surface area contributed by atoms with E-state index in [2.05, 4.69) is 5.32 Å². The Balaban J connectivity index is 1.67. The maximum absolute atomic E-state index is 12.0. The number of carboxylic acids is 1. The summed E-state index contributed by atoms with van der Waals surface area (Å²) < 4.78 is 11.9. The molecule has 1 aliphatic carbocycles. The number of hydrogen-bond donors (Lipinski definition) is 2. The smallest absolute Gasteiger partial charge is 0.306 e. The van der Waals surface area contributed by atoms with Crippen molar-refractivity contribution in [2.24, 2.45) is 11.8 Å². The van der Waals surface area contributed by atoms with Crippen LogP contribution in [0.4, 0.5) is 0 Å². The molecule has 0 heterocycles. The Bertz CT molecular complexity index is 546. The van der Waals surface area contributed by atoms with Gasteiger partial charge in [-0.05, 0) is 24.8 Å². The number of hydrogen-bond acceptors (Lipinski definition) is 3. The minimum atomic E-state index is -1.01. The fourth-order valence-corrected chi connectivity index (χ4v) is 3.75. The number of carbonyl (C=O) groups excluding carboxylic acids is 1. The Morgan fingerprint density at radius 2 is 1.86 bits per heavy atom. The van der Waals surface area contributed by atoms with Gasteiger partial charge in [0, 0.05) is 34.8 Å². The van der Waals surface area contributed by atoms with E-state index in [-0.39, 0.29) is 11.8 Å². The maximum Gasteiger partial charge on any atom is 0.306 e. The first kappa shape index (κ1) is 16.7. The molecule has 2 N–H and O–H groups in total. The van der Waals surface area contributed by atoms with Crippen molar-refractivity contribution >= 4 is 22.7 Å². The summed E-state index contributed by atoms with van der Waals surface area (Å²) in [6, 6.07) is 9.60. The highest BCUT2D eigenvalue weighted by atomic mass is 32.2. The monoisotopic (exact) mass is 323 g/mol. The van der Waals surface area contributed by atoms with Gasteiger partial charge in [-0.3, -0.25) is 13.8 Å². The lowest BCUT2D eigenvalue weighted by Crippen LogP contribution is -2.32. The van der Waals surface area contributed by atoms with E-state index in [1.807, 2.05) is 30.3 Å². The van der Waals surface area contributed by atoms with Crippen LogP contribution in [-0.4, -0.2) is 33.5 Å². The second-order valence-corrected chi connectivity index (χ2v) is 7.19. The number of rotatable bonds is 7. The Labute approximate surface area is 132 Å². The quantitative estimate of drug-likeness (QED) is 0.797. The van der Waals surface area contributed by atoms with Crippen molar-refractivity contribution in [3.05, 3.63) is 35.9 Å². The van der Waals surface area contributed by atoms with Gasteiger partial charge >= 0.3 is 5.97 Å². The van der Waals surface area contributed by atoms with Crippen molar-refractivity contribution < 1.29 is 18.9 Å². The molecule has 3 atom stereocenters. The number of carbonyl (C=O) groups is 2. The molecule has 0 bridgehead atoms. The van der Waals surface area contributed by atoms with Gasteiger partial charge in [0.05, 0.1) is 5.92 Å². The van der Waals surface area contributed by atoms with Crippen molar-refractivity contribution in [1.29, 1.82) is 0 Å². The molecule has 1 aliphatic rings. The second-order valence-electron chi connectivity index (χ2n) is 5.61. The molecule has 1 saturated carbocycles. The topological polar surface area (TPSA) is 83.5 Å². The van der Waals surface area contributed by atoms with Gasteiger partial charge in [-0.15, -0.1) is 0 Å². The molecule has 0 aliphatic heterocycles. The number of benzene rings is 1. The van der Waals surface area contributed by atoms with Crippen LogP contribution in [0.15, 0.2) is 30.3 Å². The first-order valence-corrected chi connectivity index (χ1v) is 8.94. The summed E-state index contributed by atoms with van der Waals surface area (Å²) in [5, 5.41) is 11.7. The van der Waals surface area contributed by atoms with E-state index in [1.54, 1.807) is 0 Å². The van der Waals surface area contributed by atoms with Crippen molar-refractivity contribution in [2.75, 3.05) is 12.3 Å². The van der Waals surface area contributed by atoms with Crippen LogP contribution in [0.5, 0.6) is 0 Å². The first-order chi connectivity index (χ1) is 10.6. The summed E-state index contributed by atoms with van der Waals surface area (Å²) in [4.78, 5) is 22.8. The summed E-state index contributed by atoms with van der Waals surface area (Å²) >= 11 is 0. The fraction of sp³-hybridized carbons (Fsp3) is 0.500. The van der Waals surface area contributed by atoms with Crippen LogP contribution in [-0.2, 0) is 26.1 Å². The van der Waals surface area contributed by atoms with Gasteiger partial charge < -0.3 is 10.4 Å². The SMILES string of the molecule is O=C(O)[C@@H]1CC[C@H](C(=O)NCCS(=O)Cc2ccccc2)C1. The van der Waals surface area contributed by atoms with Crippen molar-refractivity contribution in [3.63, 3.8) is 0 Å². The summed E-state index contributed by atoms with van der Waals surface area (Å²) in [5.74, 6) is -0.650. The molecule has 0 radical (unpaired) electrons. The van der Waals surface area contributed by atoms with Crippen LogP contribution in [0.1, 0.15) is 24.8 Å². The molecule has 1 amide bonds. The largest absolute Gasteiger partial charge is 0.481 e. The molecule has 6 heteroatoms. The third-order valence-corrected chi connectivity index (χ3v) is 5.27. The molecule has 1 aromatic carbocycles. The zero-order valence-electron chi connectivity index (χ0n) is 12.4. The van der Waals surface area contributed by atoms with Crippen molar-refractivity contribution in [2.45, 2.75) is 25.0 Å². The van der Waals surface area contributed by atoms with E-state index < -0.39 is 22.7 Å². The van der Waals surface area contributed by atoms with Gasteiger partial charge in [-0.25, -0.2) is 0 Å². The van der Waals surface area contributed by atoms with Gasteiger partial charge in [-0.2, -0.15) is 0 Å². The molecule has 1 unspecified atom stereocenters. The fourth-order valence-electron chi connectivity index (χ4n) is 2.71. The predicted molar refractivity (Wildman–Crippen MR) is 84.6 cm³/mol. The Morgan fingerprint density at radius 3 is 2.50 bits per heavy atom. The van der Waals surface area contributed by atoms with E-state index in [1.165, 1.54) is 0 Å². The normalized spacial score (nSPS) is 22.2. The van der Waals surface area contributed by atoms with E-state index in [4.69, 9.17) is 5.11 Å². The Kier molecular flexibility index (Phi) is 6.12. The predicted octanol–water partition coefficient (Wildman–Crippen LogP) is 1.55. The molecule has 2 rings (SSSR count). The lowest BCUT2D eigenvalue weighted by atomic mass is 10.0. The summed E-state index contributed by atoms with van der Waals surface area (Å²) in [6.45, 7) is 0.368. The zero-order valence-corrected chi connectivity index (χ0v) is 13.2. The van der Waals surface area contributed by atoms with Crippen LogP contribution >= 0.6 is 0 Å². The average molecular weight is 323 g/mol. The summed E-state index contributed by atoms with van der Waals surface area (Å²) in [7, 11) is -1.01. The molecule has 1 aromatic rings. The Hall–Kier alpha value is -1.69. The van der Waals surface area contributed by atoms with Crippen LogP contribution in [0.25, 0.3) is 0 Å². The molecule has 1 fully saturated rings. The van der Waals surface area contributed by atoms with E-state index in [0.717, 1.165) is 5.56 Å². The average Bonchev–Trinajstić information content (AvgIpc) is 2.98. The standard InChI is InChI=1S/C16H21NO4S/c18-15(13-6-7-14(10-13)16(19)20)17-8-9-22(21)11-12-4-2-1-3-5-12/h1-5,13-14H,6-11H2,(H,17,18)(H,19,20)/t13-,14+,22?/m0/s1. The third kappa shape index (κ3) is 4.94. The van der Waals surface area contributed by atoms with Gasteiger partial charge in [0.15, 0.2) is 0 Å². The molecule has 120 valence electrons. The van der Waals surface area contributed by atoms with Gasteiger partial charge in [-0.1, -0.05) is 30.3 Å². The molecule has 0 saturated heterocycles. The molecule has 5 nitrogen and oxygen atoms in total. The van der Waals surface area contributed by atoms with Crippen LogP contribution < -0.4 is 5.32 Å². The molecule has 22 heavy (non-hydrogen) atoms. The Morgan fingerprint density at radius 1 is 1.18 bits per heavy atom. The van der Waals surface area contributed by atoms with Crippen LogP contribution in [0.3, 0.4) is 0 Å². The van der Waals surface area contributed by atoms with Crippen molar-refractivity contribution in [3.8, 4) is 0 Å². The lowest BCUT2D eigenvalue weighted by Gasteiger charge is -2.10. The van der Waals surface area contributed by atoms with Gasteiger partial charge in [0.25, 0.3) is 0 Å². The van der Waals surface area contributed by atoms with E-state index in [9.17, 15) is 13.8 Å². The number of nitrogens with one attached hydrogen (secondary N) is 1. The molecular weight excluding hydrogens is 302 g/mol. The molecule has 0 spiro atoms. The van der Waals surface area contributed by atoms with Crippen molar-refractivity contribution in [1.82, 2.24) is 5.32 Å². The molecular formula is C16H21NO4S.